The number of nitrogens with one attached hydrogen (secondary N) is 1. The van der Waals surface area contributed by atoms with Crippen LogP contribution in [0.4, 0.5) is 10.1 Å². The average Bonchev–Trinajstić information content (AvgIpc) is 3.08. The molecule has 0 unspecified atom stereocenters. The second-order valence-electron chi connectivity index (χ2n) is 4.07. The topological polar surface area (TPSA) is 42.7 Å². The summed E-state index contributed by atoms with van der Waals surface area (Å²) in [6.45, 7) is 0.665. The molecule has 3 aromatic rings. The maximum absolute atomic E-state index is 14.0. The number of aromatic nitrogens is 3. The predicted molar refractivity (Wildman–Crippen MR) is 80.7 cm³/mol. The Kier molecular flexibility index (Phi) is 3.79. The zero-order valence-corrected chi connectivity index (χ0v) is 12.7. The lowest BCUT2D eigenvalue weighted by atomic mass is 10.2. The van der Waals surface area contributed by atoms with Gasteiger partial charge in [0.15, 0.2) is 5.82 Å². The molecule has 0 saturated heterocycles. The van der Waals surface area contributed by atoms with Gasteiger partial charge in [-0.2, -0.15) is 5.10 Å². The Bertz CT molecular complexity index is 711. The third kappa shape index (κ3) is 2.88. The molecule has 0 amide bonds. The van der Waals surface area contributed by atoms with E-state index in [9.17, 15) is 4.39 Å². The van der Waals surface area contributed by atoms with Crippen LogP contribution in [0.15, 0.2) is 46.8 Å². The van der Waals surface area contributed by atoms with Gasteiger partial charge in [0.25, 0.3) is 0 Å². The summed E-state index contributed by atoms with van der Waals surface area (Å²) in [6.07, 6.45) is 2.84. The number of hydrogen-bond acceptors (Lipinski definition) is 4. The number of hydrogen-bond donors (Lipinski definition) is 1. The first-order chi connectivity index (χ1) is 9.72. The molecule has 2 heterocycles. The van der Waals surface area contributed by atoms with Crippen molar-refractivity contribution in [3.63, 3.8) is 0 Å². The summed E-state index contributed by atoms with van der Waals surface area (Å²) in [5, 5.41) is 7.11. The van der Waals surface area contributed by atoms with E-state index in [2.05, 4.69) is 31.3 Å². The van der Waals surface area contributed by atoms with Crippen molar-refractivity contribution >= 4 is 33.0 Å². The molecule has 102 valence electrons. The molecule has 0 radical (unpaired) electrons. The van der Waals surface area contributed by atoms with Crippen molar-refractivity contribution in [1.29, 1.82) is 0 Å². The van der Waals surface area contributed by atoms with Crippen molar-refractivity contribution in [3.8, 4) is 5.69 Å². The first kappa shape index (κ1) is 13.3. The molecular weight excluding hydrogens is 343 g/mol. The second kappa shape index (κ2) is 5.72. The molecule has 7 heteroatoms. The van der Waals surface area contributed by atoms with E-state index in [1.807, 2.05) is 18.2 Å². The molecule has 0 aliphatic rings. The summed E-state index contributed by atoms with van der Waals surface area (Å²) < 4.78 is 16.5. The molecule has 0 atom stereocenters. The van der Waals surface area contributed by atoms with E-state index in [-0.39, 0.29) is 5.82 Å². The van der Waals surface area contributed by atoms with Crippen LogP contribution in [-0.4, -0.2) is 14.8 Å². The molecule has 0 fully saturated rings. The molecule has 2 aromatic heterocycles. The van der Waals surface area contributed by atoms with E-state index in [0.29, 0.717) is 12.2 Å². The second-order valence-corrected chi connectivity index (χ2v) is 6.61. The molecule has 0 aliphatic heterocycles. The van der Waals surface area contributed by atoms with Gasteiger partial charge in [-0.25, -0.2) is 14.1 Å². The van der Waals surface area contributed by atoms with Gasteiger partial charge in [0.05, 0.1) is 3.79 Å². The van der Waals surface area contributed by atoms with Gasteiger partial charge in [-0.3, -0.25) is 0 Å². The van der Waals surface area contributed by atoms with Gasteiger partial charge in [-0.1, -0.05) is 0 Å². The Morgan fingerprint density at radius 1 is 1.30 bits per heavy atom. The number of nitrogens with zero attached hydrogens (tertiary/aromatic N) is 3. The van der Waals surface area contributed by atoms with Crippen LogP contribution in [0, 0.1) is 5.82 Å². The maximum atomic E-state index is 14.0. The normalized spacial score (nSPS) is 10.7. The summed E-state index contributed by atoms with van der Waals surface area (Å²) in [6, 6.07) is 8.98. The van der Waals surface area contributed by atoms with Crippen molar-refractivity contribution in [2.75, 3.05) is 5.32 Å². The van der Waals surface area contributed by atoms with Gasteiger partial charge in [0, 0.05) is 17.1 Å². The summed E-state index contributed by atoms with van der Waals surface area (Å²) >= 11 is 5.07. The quantitative estimate of drug-likeness (QED) is 0.775. The fourth-order valence-corrected chi connectivity index (χ4v) is 3.19. The first-order valence-electron chi connectivity index (χ1n) is 5.85. The van der Waals surface area contributed by atoms with Crippen molar-refractivity contribution in [2.24, 2.45) is 0 Å². The number of anilines is 1. The third-order valence-corrected chi connectivity index (χ3v) is 4.33. The standard InChI is InChI=1S/C13H10BrFN4S/c14-13-4-2-10(20-13)6-17-9-1-3-12(11(15)5-9)19-8-16-7-18-19/h1-5,7-8,17H,6H2. The van der Waals surface area contributed by atoms with E-state index < -0.39 is 0 Å². The molecule has 20 heavy (non-hydrogen) atoms. The molecule has 1 N–H and O–H groups in total. The Morgan fingerprint density at radius 3 is 2.85 bits per heavy atom. The fourth-order valence-electron chi connectivity index (χ4n) is 1.77. The summed E-state index contributed by atoms with van der Waals surface area (Å²) in [4.78, 5) is 4.99. The van der Waals surface area contributed by atoms with Crippen LogP contribution < -0.4 is 5.32 Å². The van der Waals surface area contributed by atoms with Crippen LogP contribution in [0.25, 0.3) is 5.69 Å². The van der Waals surface area contributed by atoms with Crippen molar-refractivity contribution < 1.29 is 4.39 Å². The lowest BCUT2D eigenvalue weighted by molar-refractivity contribution is 0.611. The lowest BCUT2D eigenvalue weighted by Gasteiger charge is -2.07. The van der Waals surface area contributed by atoms with Gasteiger partial charge >= 0.3 is 0 Å². The van der Waals surface area contributed by atoms with E-state index in [1.165, 1.54) is 28.3 Å². The van der Waals surface area contributed by atoms with Crippen molar-refractivity contribution in [1.82, 2.24) is 14.8 Å². The lowest BCUT2D eigenvalue weighted by Crippen LogP contribution is -2.01. The first-order valence-corrected chi connectivity index (χ1v) is 7.46. The fraction of sp³-hybridized carbons (Fsp3) is 0.0769. The minimum atomic E-state index is -0.340. The highest BCUT2D eigenvalue weighted by Crippen LogP contribution is 2.23. The van der Waals surface area contributed by atoms with Gasteiger partial charge in [-0.05, 0) is 46.3 Å². The predicted octanol–water partition coefficient (Wildman–Crippen LogP) is 3.84. The monoisotopic (exact) mass is 352 g/mol. The van der Waals surface area contributed by atoms with E-state index >= 15 is 0 Å². The number of thiophene rings is 1. The number of rotatable bonds is 4. The van der Waals surface area contributed by atoms with Crippen LogP contribution in [0.2, 0.25) is 0 Å². The van der Waals surface area contributed by atoms with Gasteiger partial charge < -0.3 is 5.32 Å². The SMILES string of the molecule is Fc1cc(NCc2ccc(Br)s2)ccc1-n1cncn1. The molecule has 1 aromatic carbocycles. The van der Waals surface area contributed by atoms with Crippen LogP contribution in [0.5, 0.6) is 0 Å². The van der Waals surface area contributed by atoms with E-state index in [0.717, 1.165) is 9.47 Å². The molecule has 0 spiro atoms. The Hall–Kier alpha value is -1.73. The van der Waals surface area contributed by atoms with E-state index in [4.69, 9.17) is 0 Å². The molecule has 0 aliphatic carbocycles. The highest BCUT2D eigenvalue weighted by atomic mass is 79.9. The van der Waals surface area contributed by atoms with Crippen LogP contribution in [-0.2, 0) is 6.54 Å². The largest absolute Gasteiger partial charge is 0.380 e. The van der Waals surface area contributed by atoms with Crippen LogP contribution in [0.3, 0.4) is 0 Å². The van der Waals surface area contributed by atoms with E-state index in [1.54, 1.807) is 17.4 Å². The molecular formula is C13H10BrFN4S. The minimum Gasteiger partial charge on any atom is -0.380 e. The zero-order chi connectivity index (χ0) is 13.9. The zero-order valence-electron chi connectivity index (χ0n) is 10.3. The maximum Gasteiger partial charge on any atom is 0.150 e. The number of benzene rings is 1. The highest BCUT2D eigenvalue weighted by Gasteiger charge is 2.06. The third-order valence-electron chi connectivity index (χ3n) is 2.71. The summed E-state index contributed by atoms with van der Waals surface area (Å²) in [7, 11) is 0. The van der Waals surface area contributed by atoms with Gasteiger partial charge in [-0.15, -0.1) is 11.3 Å². The molecule has 0 saturated carbocycles. The molecule has 0 bridgehead atoms. The van der Waals surface area contributed by atoms with Gasteiger partial charge in [0.2, 0.25) is 0 Å². The minimum absolute atomic E-state index is 0.340. The summed E-state index contributed by atoms with van der Waals surface area (Å²) in [5.41, 5.74) is 1.11. The Morgan fingerprint density at radius 2 is 2.20 bits per heavy atom. The van der Waals surface area contributed by atoms with Crippen LogP contribution in [0.1, 0.15) is 4.88 Å². The smallest absolute Gasteiger partial charge is 0.150 e. The molecule has 3 rings (SSSR count). The Labute approximate surface area is 127 Å². The van der Waals surface area contributed by atoms with Crippen molar-refractivity contribution in [2.45, 2.75) is 6.54 Å². The average molecular weight is 353 g/mol. The van der Waals surface area contributed by atoms with Gasteiger partial charge in [0.1, 0.15) is 18.3 Å². The highest BCUT2D eigenvalue weighted by molar-refractivity contribution is 9.11. The number of halogens is 2. The molecule has 4 nitrogen and oxygen atoms in total. The summed E-state index contributed by atoms with van der Waals surface area (Å²) in [5.74, 6) is -0.340. The Balaban J connectivity index is 1.74. The van der Waals surface area contributed by atoms with Crippen molar-refractivity contribution in [3.05, 3.63) is 57.5 Å². The van der Waals surface area contributed by atoms with Crippen LogP contribution >= 0.6 is 27.3 Å².